The van der Waals surface area contributed by atoms with Crippen LogP contribution in [-0.4, -0.2) is 37.7 Å². The highest BCUT2D eigenvalue weighted by molar-refractivity contribution is 5.77. The molecule has 0 bridgehead atoms. The summed E-state index contributed by atoms with van der Waals surface area (Å²) >= 11 is 0. The Morgan fingerprint density at radius 3 is 3.12 bits per heavy atom. The van der Waals surface area contributed by atoms with Gasteiger partial charge >= 0.3 is 0 Å². The van der Waals surface area contributed by atoms with E-state index in [0.29, 0.717) is 13.0 Å². The second-order valence-corrected chi connectivity index (χ2v) is 4.01. The van der Waals surface area contributed by atoms with Crippen molar-refractivity contribution in [2.75, 3.05) is 19.8 Å². The normalized spacial score (nSPS) is 22.1. The summed E-state index contributed by atoms with van der Waals surface area (Å²) in [4.78, 5) is 11.7. The first-order valence-electron chi connectivity index (χ1n) is 5.83. The third-order valence-electron chi connectivity index (χ3n) is 2.54. The van der Waals surface area contributed by atoms with Crippen LogP contribution in [0.5, 0.6) is 0 Å². The summed E-state index contributed by atoms with van der Waals surface area (Å²) in [5, 5.41) is 6.08. The smallest absolute Gasteiger partial charge is 0.222 e. The molecular weight excluding hydrogens is 204 g/mol. The standard InChI is InChI=1S/C12H20N2O2/c1-3-5-10(4-2)14-12(15)8-11-9-16-7-6-13-11/h2,10-11,13H,3,5-9H2,1H3,(H,14,15). The largest absolute Gasteiger partial charge is 0.378 e. The molecule has 4 nitrogen and oxygen atoms in total. The molecule has 1 saturated heterocycles. The number of carbonyl (C=O) groups is 1. The Morgan fingerprint density at radius 1 is 1.75 bits per heavy atom. The van der Waals surface area contributed by atoms with E-state index in [1.54, 1.807) is 0 Å². The Bertz CT molecular complexity index is 254. The third kappa shape index (κ3) is 4.65. The Labute approximate surface area is 97.1 Å². The number of rotatable bonds is 5. The highest BCUT2D eigenvalue weighted by atomic mass is 16.5. The molecule has 1 rings (SSSR count). The van der Waals surface area contributed by atoms with Gasteiger partial charge in [-0.1, -0.05) is 19.3 Å². The molecule has 4 heteroatoms. The molecule has 0 radical (unpaired) electrons. The van der Waals surface area contributed by atoms with E-state index >= 15 is 0 Å². The minimum atomic E-state index is -0.137. The van der Waals surface area contributed by atoms with Crippen molar-refractivity contribution in [1.29, 1.82) is 0 Å². The lowest BCUT2D eigenvalue weighted by molar-refractivity contribution is -0.122. The van der Waals surface area contributed by atoms with E-state index in [1.807, 2.05) is 6.92 Å². The molecule has 0 spiro atoms. The number of hydrogen-bond acceptors (Lipinski definition) is 3. The van der Waals surface area contributed by atoms with Crippen LogP contribution < -0.4 is 10.6 Å². The van der Waals surface area contributed by atoms with E-state index in [0.717, 1.165) is 26.0 Å². The average Bonchev–Trinajstić information content (AvgIpc) is 2.29. The molecule has 1 aliphatic heterocycles. The fraction of sp³-hybridized carbons (Fsp3) is 0.750. The topological polar surface area (TPSA) is 50.4 Å². The first-order valence-corrected chi connectivity index (χ1v) is 5.83. The maximum atomic E-state index is 11.7. The van der Waals surface area contributed by atoms with Crippen LogP contribution in [0.2, 0.25) is 0 Å². The van der Waals surface area contributed by atoms with E-state index in [4.69, 9.17) is 11.2 Å². The van der Waals surface area contributed by atoms with Crippen LogP contribution in [0.25, 0.3) is 0 Å². The van der Waals surface area contributed by atoms with E-state index in [2.05, 4.69) is 16.6 Å². The summed E-state index contributed by atoms with van der Waals surface area (Å²) in [7, 11) is 0. The molecule has 2 N–H and O–H groups in total. The van der Waals surface area contributed by atoms with Gasteiger partial charge in [-0.05, 0) is 6.42 Å². The highest BCUT2D eigenvalue weighted by Gasteiger charge is 2.18. The first kappa shape index (κ1) is 13.0. The number of ether oxygens (including phenoxy) is 1. The number of nitrogens with one attached hydrogen (secondary N) is 2. The lowest BCUT2D eigenvalue weighted by Crippen LogP contribution is -2.45. The molecule has 2 unspecified atom stereocenters. The van der Waals surface area contributed by atoms with Crippen LogP contribution in [0.3, 0.4) is 0 Å². The number of hydrogen-bond donors (Lipinski definition) is 2. The Morgan fingerprint density at radius 2 is 2.56 bits per heavy atom. The summed E-state index contributed by atoms with van der Waals surface area (Å²) in [6, 6.07) is -0.0178. The molecule has 0 aromatic rings. The zero-order chi connectivity index (χ0) is 11.8. The molecular formula is C12H20N2O2. The Hall–Kier alpha value is -1.05. The van der Waals surface area contributed by atoms with Crippen molar-refractivity contribution in [3.63, 3.8) is 0 Å². The van der Waals surface area contributed by atoms with Crippen molar-refractivity contribution in [3.05, 3.63) is 0 Å². The summed E-state index contributed by atoms with van der Waals surface area (Å²) in [6.45, 7) is 4.18. The molecule has 1 aliphatic rings. The minimum absolute atomic E-state index is 0.000556. The quantitative estimate of drug-likeness (QED) is 0.660. The van der Waals surface area contributed by atoms with Gasteiger partial charge in [0.15, 0.2) is 0 Å². The number of morpholine rings is 1. The lowest BCUT2D eigenvalue weighted by Gasteiger charge is -2.23. The van der Waals surface area contributed by atoms with Crippen molar-refractivity contribution in [1.82, 2.24) is 10.6 Å². The number of amides is 1. The SMILES string of the molecule is C#CC(CCC)NC(=O)CC1COCCN1. The predicted octanol–water partition coefficient (Wildman–Crippen LogP) is 0.283. The van der Waals surface area contributed by atoms with Crippen molar-refractivity contribution in [2.24, 2.45) is 0 Å². The molecule has 0 saturated carbocycles. The molecule has 16 heavy (non-hydrogen) atoms. The third-order valence-corrected chi connectivity index (χ3v) is 2.54. The predicted molar refractivity (Wildman–Crippen MR) is 62.9 cm³/mol. The molecule has 90 valence electrons. The zero-order valence-corrected chi connectivity index (χ0v) is 9.79. The van der Waals surface area contributed by atoms with Crippen LogP contribution in [0.4, 0.5) is 0 Å². The molecule has 0 aromatic carbocycles. The number of carbonyl (C=O) groups excluding carboxylic acids is 1. The second-order valence-electron chi connectivity index (χ2n) is 4.01. The maximum absolute atomic E-state index is 11.7. The van der Waals surface area contributed by atoms with Crippen LogP contribution in [0.15, 0.2) is 0 Å². The van der Waals surface area contributed by atoms with Gasteiger partial charge in [-0.2, -0.15) is 0 Å². The summed E-state index contributed by atoms with van der Waals surface area (Å²) in [5.41, 5.74) is 0. The molecule has 0 aromatic heterocycles. The summed E-state index contributed by atoms with van der Waals surface area (Å²) in [5.74, 6) is 2.59. The molecule has 1 heterocycles. The van der Waals surface area contributed by atoms with Crippen LogP contribution in [-0.2, 0) is 9.53 Å². The van der Waals surface area contributed by atoms with Gasteiger partial charge in [0, 0.05) is 19.0 Å². The molecule has 1 fully saturated rings. The van der Waals surface area contributed by atoms with Gasteiger partial charge in [0.2, 0.25) is 5.91 Å². The van der Waals surface area contributed by atoms with Gasteiger partial charge in [-0.3, -0.25) is 4.79 Å². The van der Waals surface area contributed by atoms with Gasteiger partial charge in [-0.15, -0.1) is 6.42 Å². The number of terminal acetylenes is 1. The highest BCUT2D eigenvalue weighted by Crippen LogP contribution is 2.00. The maximum Gasteiger partial charge on any atom is 0.222 e. The van der Waals surface area contributed by atoms with Crippen molar-refractivity contribution in [2.45, 2.75) is 38.3 Å². The van der Waals surface area contributed by atoms with Gasteiger partial charge in [-0.25, -0.2) is 0 Å². The van der Waals surface area contributed by atoms with E-state index in [9.17, 15) is 4.79 Å². The van der Waals surface area contributed by atoms with Crippen molar-refractivity contribution >= 4 is 5.91 Å². The molecule has 1 amide bonds. The van der Waals surface area contributed by atoms with E-state index in [1.165, 1.54) is 0 Å². The Balaban J connectivity index is 2.26. The molecule has 0 aliphatic carbocycles. The van der Waals surface area contributed by atoms with Crippen molar-refractivity contribution in [3.8, 4) is 12.3 Å². The van der Waals surface area contributed by atoms with E-state index in [-0.39, 0.29) is 18.0 Å². The fourth-order valence-corrected chi connectivity index (χ4v) is 1.71. The lowest BCUT2D eigenvalue weighted by atomic mass is 10.1. The second kappa shape index (κ2) is 7.26. The minimum Gasteiger partial charge on any atom is -0.378 e. The summed E-state index contributed by atoms with van der Waals surface area (Å²) < 4.78 is 5.28. The van der Waals surface area contributed by atoms with Crippen LogP contribution in [0, 0.1) is 12.3 Å². The van der Waals surface area contributed by atoms with E-state index < -0.39 is 0 Å². The summed E-state index contributed by atoms with van der Waals surface area (Å²) in [6.07, 6.45) is 7.57. The monoisotopic (exact) mass is 224 g/mol. The van der Waals surface area contributed by atoms with Gasteiger partial charge < -0.3 is 15.4 Å². The van der Waals surface area contributed by atoms with Crippen molar-refractivity contribution < 1.29 is 9.53 Å². The van der Waals surface area contributed by atoms with Crippen LogP contribution in [0.1, 0.15) is 26.2 Å². The average molecular weight is 224 g/mol. The molecule has 2 atom stereocenters. The van der Waals surface area contributed by atoms with Gasteiger partial charge in [0.25, 0.3) is 0 Å². The zero-order valence-electron chi connectivity index (χ0n) is 9.79. The fourth-order valence-electron chi connectivity index (χ4n) is 1.71. The van der Waals surface area contributed by atoms with Gasteiger partial charge in [0.05, 0.1) is 19.3 Å². The van der Waals surface area contributed by atoms with Gasteiger partial charge in [0.1, 0.15) is 0 Å². The Kier molecular flexibility index (Phi) is 5.91. The van der Waals surface area contributed by atoms with Crippen LogP contribution >= 0.6 is 0 Å². The first-order chi connectivity index (χ1) is 7.76.